The molecule has 0 saturated carbocycles. The highest BCUT2D eigenvalue weighted by Gasteiger charge is 2.16. The van der Waals surface area contributed by atoms with Crippen LogP contribution in [0.25, 0.3) is 17.0 Å². The van der Waals surface area contributed by atoms with Crippen LogP contribution in [0.4, 0.5) is 4.39 Å². The number of aryl methyl sites for hydroxylation is 1. The van der Waals surface area contributed by atoms with Gasteiger partial charge >= 0.3 is 0 Å². The van der Waals surface area contributed by atoms with Crippen LogP contribution in [-0.2, 0) is 0 Å². The summed E-state index contributed by atoms with van der Waals surface area (Å²) in [5.41, 5.74) is 9.16. The Morgan fingerprint density at radius 3 is 2.79 bits per heavy atom. The first-order valence-electron chi connectivity index (χ1n) is 12.1. The van der Waals surface area contributed by atoms with Crippen LogP contribution in [0.1, 0.15) is 50.3 Å². The van der Waals surface area contributed by atoms with E-state index in [9.17, 15) is 4.39 Å². The molecule has 0 spiro atoms. The van der Waals surface area contributed by atoms with Crippen molar-refractivity contribution >= 4 is 5.57 Å². The summed E-state index contributed by atoms with van der Waals surface area (Å²) < 4.78 is 13.7. The van der Waals surface area contributed by atoms with Crippen molar-refractivity contribution in [2.45, 2.75) is 46.0 Å². The molecule has 0 aromatic carbocycles. The topological polar surface area (TPSA) is 41.6 Å². The Kier molecular flexibility index (Phi) is 6.39. The van der Waals surface area contributed by atoms with E-state index in [2.05, 4.69) is 76.8 Å². The second-order valence-corrected chi connectivity index (χ2v) is 9.43. The van der Waals surface area contributed by atoms with Crippen molar-refractivity contribution in [3.05, 3.63) is 112 Å². The number of hydrogen-bond acceptors (Lipinski definition) is 2. The third kappa shape index (κ3) is 4.86. The molecule has 0 amide bonds. The van der Waals surface area contributed by atoms with Gasteiger partial charge in [0.05, 0.1) is 11.4 Å². The molecule has 0 unspecified atom stereocenters. The lowest BCUT2D eigenvalue weighted by molar-refractivity contribution is 0.504. The Morgan fingerprint density at radius 1 is 1.06 bits per heavy atom. The van der Waals surface area contributed by atoms with Gasteiger partial charge in [0.25, 0.3) is 0 Å². The molecule has 34 heavy (non-hydrogen) atoms. The van der Waals surface area contributed by atoms with Gasteiger partial charge in [0.15, 0.2) is 0 Å². The molecule has 3 aliphatic rings. The molecule has 2 aromatic rings. The second-order valence-electron chi connectivity index (χ2n) is 9.43. The Morgan fingerprint density at radius 2 is 1.94 bits per heavy atom. The summed E-state index contributed by atoms with van der Waals surface area (Å²) in [6.45, 7) is 4.03. The molecule has 3 aliphatic carbocycles. The van der Waals surface area contributed by atoms with E-state index in [-0.39, 0.29) is 5.82 Å². The van der Waals surface area contributed by atoms with Gasteiger partial charge in [0, 0.05) is 11.8 Å². The summed E-state index contributed by atoms with van der Waals surface area (Å²) in [5.74, 6) is 0.484. The second kappa shape index (κ2) is 9.76. The van der Waals surface area contributed by atoms with Crippen LogP contribution in [0.5, 0.6) is 0 Å². The monoisotopic (exact) mass is 451 g/mol. The van der Waals surface area contributed by atoms with Crippen molar-refractivity contribution in [3.8, 4) is 11.4 Å². The summed E-state index contributed by atoms with van der Waals surface area (Å²) >= 11 is 0. The highest BCUT2D eigenvalue weighted by atomic mass is 19.1. The van der Waals surface area contributed by atoms with E-state index in [4.69, 9.17) is 0 Å². The van der Waals surface area contributed by atoms with E-state index in [1.54, 1.807) is 18.6 Å². The lowest BCUT2D eigenvalue weighted by Crippen LogP contribution is -2.03. The standard InChI is InChI=1S/C30H30FN3/c1-20-6-3-7-22(16-20)17-23-8-4-9-24-12-13-25(10-5-11-26(24)18-23)27-19-32-34-30(27)29-15-14-28(31)21(2)33-29/h5,7-15,18-20H,3-4,6,16-17H2,1-2H3,(H,32,34)/b11-5+,13-12-,25-10-/t20-/m0/s1. The van der Waals surface area contributed by atoms with Gasteiger partial charge < -0.3 is 0 Å². The highest BCUT2D eigenvalue weighted by molar-refractivity contribution is 5.84. The Labute approximate surface area is 200 Å². The Hall–Kier alpha value is -3.53. The number of nitrogens with one attached hydrogen (secondary N) is 1. The van der Waals surface area contributed by atoms with Crippen LogP contribution in [0, 0.1) is 18.7 Å². The number of aromatic amines is 1. The van der Waals surface area contributed by atoms with Gasteiger partial charge in [-0.3, -0.25) is 5.10 Å². The summed E-state index contributed by atoms with van der Waals surface area (Å²) in [6, 6.07) is 3.12. The highest BCUT2D eigenvalue weighted by Crippen LogP contribution is 2.33. The molecule has 5 rings (SSSR count). The number of aromatic nitrogens is 3. The predicted molar refractivity (Wildman–Crippen MR) is 137 cm³/mol. The van der Waals surface area contributed by atoms with Crippen LogP contribution in [0.15, 0.2) is 95.3 Å². The van der Waals surface area contributed by atoms with Crippen LogP contribution in [-0.4, -0.2) is 15.2 Å². The van der Waals surface area contributed by atoms with Crippen LogP contribution >= 0.6 is 0 Å². The van der Waals surface area contributed by atoms with Crippen molar-refractivity contribution in [3.63, 3.8) is 0 Å². The molecule has 0 bridgehead atoms. The van der Waals surface area contributed by atoms with Gasteiger partial charge in [-0.05, 0) is 79.4 Å². The van der Waals surface area contributed by atoms with Crippen molar-refractivity contribution in [1.29, 1.82) is 0 Å². The first kappa shape index (κ1) is 22.3. The lowest BCUT2D eigenvalue weighted by atomic mass is 9.86. The lowest BCUT2D eigenvalue weighted by Gasteiger charge is -2.19. The molecule has 0 aliphatic heterocycles. The maximum atomic E-state index is 13.7. The van der Waals surface area contributed by atoms with Crippen molar-refractivity contribution in [1.82, 2.24) is 15.2 Å². The molecular weight excluding hydrogens is 421 g/mol. The van der Waals surface area contributed by atoms with Gasteiger partial charge in [-0.2, -0.15) is 5.10 Å². The number of rotatable bonds is 4. The quantitative estimate of drug-likeness (QED) is 0.483. The fourth-order valence-electron chi connectivity index (χ4n) is 4.89. The van der Waals surface area contributed by atoms with E-state index in [0.29, 0.717) is 11.4 Å². The summed E-state index contributed by atoms with van der Waals surface area (Å²) in [6.07, 6.45) is 27.7. The van der Waals surface area contributed by atoms with E-state index >= 15 is 0 Å². The number of hydrogen-bond donors (Lipinski definition) is 1. The zero-order valence-electron chi connectivity index (χ0n) is 19.8. The first-order chi connectivity index (χ1) is 16.6. The third-order valence-electron chi connectivity index (χ3n) is 6.74. The fraction of sp³-hybridized carbons (Fsp3) is 0.267. The van der Waals surface area contributed by atoms with Gasteiger partial charge in [-0.15, -0.1) is 0 Å². The molecular formula is C30H30FN3. The number of nitrogens with zero attached hydrogens (tertiary/aromatic N) is 2. The molecule has 0 saturated heterocycles. The van der Waals surface area contributed by atoms with Crippen LogP contribution in [0.2, 0.25) is 0 Å². The summed E-state index contributed by atoms with van der Waals surface area (Å²) in [5, 5.41) is 7.36. The molecule has 1 atom stereocenters. The summed E-state index contributed by atoms with van der Waals surface area (Å²) in [7, 11) is 0. The SMILES string of the molecule is Cc1nc(-c2n[nH]cc2C2=C\C=C\C3=CC(CC4=CCC[C@H](C)C4)=CCC=C3/C=C\2)ccc1F. The number of fused-ring (bicyclic) bond motifs is 1. The van der Waals surface area contributed by atoms with Crippen LogP contribution in [0.3, 0.4) is 0 Å². The normalized spacial score (nSPS) is 23.6. The summed E-state index contributed by atoms with van der Waals surface area (Å²) in [4.78, 5) is 4.39. The molecule has 4 heteroatoms. The zero-order chi connectivity index (χ0) is 23.5. The smallest absolute Gasteiger partial charge is 0.144 e. The maximum Gasteiger partial charge on any atom is 0.144 e. The third-order valence-corrected chi connectivity index (χ3v) is 6.74. The predicted octanol–water partition coefficient (Wildman–Crippen LogP) is 7.75. The van der Waals surface area contributed by atoms with Crippen molar-refractivity contribution in [2.75, 3.05) is 0 Å². The van der Waals surface area contributed by atoms with Crippen molar-refractivity contribution in [2.24, 2.45) is 5.92 Å². The molecule has 2 heterocycles. The zero-order valence-corrected chi connectivity index (χ0v) is 19.8. The molecule has 3 nitrogen and oxygen atoms in total. The number of allylic oxidation sites excluding steroid dienone is 14. The molecule has 1 N–H and O–H groups in total. The van der Waals surface area contributed by atoms with E-state index in [0.717, 1.165) is 35.6 Å². The van der Waals surface area contributed by atoms with E-state index < -0.39 is 0 Å². The largest absolute Gasteiger partial charge is 0.284 e. The maximum absolute atomic E-state index is 13.7. The number of halogens is 1. The van der Waals surface area contributed by atoms with Gasteiger partial charge in [-0.1, -0.05) is 67.2 Å². The first-order valence-corrected chi connectivity index (χ1v) is 12.1. The van der Waals surface area contributed by atoms with Gasteiger partial charge in [0.2, 0.25) is 0 Å². The average molecular weight is 452 g/mol. The van der Waals surface area contributed by atoms with Crippen molar-refractivity contribution < 1.29 is 4.39 Å². The Bertz CT molecular complexity index is 1310. The molecule has 0 radical (unpaired) electrons. The van der Waals surface area contributed by atoms with Crippen LogP contribution < -0.4 is 0 Å². The number of H-pyrrole nitrogens is 1. The molecule has 172 valence electrons. The number of pyridine rings is 1. The fourth-order valence-corrected chi connectivity index (χ4v) is 4.89. The minimum Gasteiger partial charge on any atom is -0.284 e. The average Bonchev–Trinajstić information content (AvgIpc) is 3.21. The van der Waals surface area contributed by atoms with Gasteiger partial charge in [-0.25, -0.2) is 9.37 Å². The van der Waals surface area contributed by atoms with E-state index in [1.807, 2.05) is 6.20 Å². The molecule has 2 aromatic heterocycles. The molecule has 0 fully saturated rings. The van der Waals surface area contributed by atoms with Gasteiger partial charge in [0.1, 0.15) is 11.5 Å². The van der Waals surface area contributed by atoms with E-state index in [1.165, 1.54) is 42.0 Å². The minimum absolute atomic E-state index is 0.310. The Balaban J connectivity index is 1.41. The minimum atomic E-state index is -0.310.